The Morgan fingerprint density at radius 1 is 0.633 bits per heavy atom. The Balaban J connectivity index is 1.10. The van der Waals surface area contributed by atoms with E-state index in [2.05, 4.69) is 48.2 Å². The van der Waals surface area contributed by atoms with Crippen molar-refractivity contribution in [1.82, 2.24) is 14.5 Å². The summed E-state index contributed by atoms with van der Waals surface area (Å²) in [6.07, 6.45) is 4.37. The molecule has 0 saturated carbocycles. The molecule has 0 spiro atoms. The number of benzene rings is 5. The molecule has 2 saturated heterocycles. The summed E-state index contributed by atoms with van der Waals surface area (Å²) in [5, 5.41) is 15.8. The standard InChI is InChI=1S/C46H51N6O7P/c1-27(2)52(28(3)4)60(58-21-10-15-47)59-24-23-57-22-20-51-45(55)32-14-12-30-39-35(49-16-6-7-17-49)25-33-37-31(43(53)48(5)44(33)54)13-11-29(41(37)39)40-36(50-18-8-9-19-50)26-34(46(51)56)38(32)42(30)40/h11-14,25-28H,6-10,16-24H2,1-5H3. The molecule has 14 heteroatoms. The highest BCUT2D eigenvalue weighted by molar-refractivity contribution is 7.44. The summed E-state index contributed by atoms with van der Waals surface area (Å²) < 4.78 is 20.3. The van der Waals surface area contributed by atoms with Crippen LogP contribution in [0.4, 0.5) is 11.4 Å². The zero-order valence-electron chi connectivity index (χ0n) is 35.0. The molecule has 0 radical (unpaired) electrons. The zero-order valence-corrected chi connectivity index (χ0v) is 35.9. The molecule has 9 rings (SSSR count). The molecular formula is C46H51N6O7P. The van der Waals surface area contributed by atoms with Crippen LogP contribution in [0.2, 0.25) is 0 Å². The second-order valence-corrected chi connectivity index (χ2v) is 18.2. The number of carbonyl (C=O) groups excluding carboxylic acids is 4. The highest BCUT2D eigenvalue weighted by Crippen LogP contribution is 2.52. The maximum Gasteiger partial charge on any atom is 0.261 e. The van der Waals surface area contributed by atoms with Gasteiger partial charge in [0.2, 0.25) is 0 Å². The molecule has 4 amide bonds. The topological polar surface area (TPSA) is 136 Å². The van der Waals surface area contributed by atoms with Crippen molar-refractivity contribution < 1.29 is 33.0 Å². The number of ether oxygens (including phenoxy) is 1. The Bertz CT molecular complexity index is 2600. The van der Waals surface area contributed by atoms with Crippen LogP contribution in [-0.2, 0) is 13.8 Å². The summed E-state index contributed by atoms with van der Waals surface area (Å²) in [6, 6.07) is 14.1. The summed E-state index contributed by atoms with van der Waals surface area (Å²) in [7, 11) is 0.133. The van der Waals surface area contributed by atoms with Gasteiger partial charge in [-0.05, 0) is 88.4 Å². The molecule has 4 heterocycles. The Morgan fingerprint density at radius 3 is 1.65 bits per heavy atom. The van der Waals surface area contributed by atoms with Crippen molar-refractivity contribution in [3.63, 3.8) is 0 Å². The van der Waals surface area contributed by atoms with Gasteiger partial charge < -0.3 is 23.6 Å². The lowest BCUT2D eigenvalue weighted by Gasteiger charge is -2.35. The number of hydrogen-bond donors (Lipinski definition) is 0. The van der Waals surface area contributed by atoms with E-state index in [9.17, 15) is 19.2 Å². The van der Waals surface area contributed by atoms with Crippen LogP contribution in [0, 0.1) is 11.3 Å². The molecule has 13 nitrogen and oxygen atoms in total. The number of imide groups is 2. The highest BCUT2D eigenvalue weighted by atomic mass is 31.2. The quantitative estimate of drug-likeness (QED) is 0.0333. The minimum Gasteiger partial charge on any atom is -0.377 e. The summed E-state index contributed by atoms with van der Waals surface area (Å²) in [5.74, 6) is -1.36. The predicted molar refractivity (Wildman–Crippen MR) is 234 cm³/mol. The van der Waals surface area contributed by atoms with Gasteiger partial charge in [-0.2, -0.15) is 5.26 Å². The molecule has 2 fully saturated rings. The van der Waals surface area contributed by atoms with Crippen LogP contribution in [0.5, 0.6) is 0 Å². The molecule has 1 atom stereocenters. The number of carbonyl (C=O) groups is 4. The van der Waals surface area contributed by atoms with Gasteiger partial charge in [-0.3, -0.25) is 29.0 Å². The Hall–Kier alpha value is -4.96. The summed E-state index contributed by atoms with van der Waals surface area (Å²) in [6.45, 7) is 12.6. The lowest BCUT2D eigenvalue weighted by Crippen LogP contribution is -2.42. The predicted octanol–water partition coefficient (Wildman–Crippen LogP) is 8.07. The molecule has 0 aromatic heterocycles. The van der Waals surface area contributed by atoms with E-state index in [1.807, 2.05) is 36.4 Å². The molecule has 4 aliphatic rings. The van der Waals surface area contributed by atoms with Crippen molar-refractivity contribution >= 4 is 86.6 Å². The van der Waals surface area contributed by atoms with E-state index in [1.54, 1.807) is 7.05 Å². The molecule has 60 heavy (non-hydrogen) atoms. The van der Waals surface area contributed by atoms with Gasteiger partial charge in [0.05, 0.1) is 56.6 Å². The fraction of sp³-hybridized carbons (Fsp3) is 0.457. The molecule has 4 aliphatic heterocycles. The smallest absolute Gasteiger partial charge is 0.261 e. The van der Waals surface area contributed by atoms with Gasteiger partial charge in [0.25, 0.3) is 32.2 Å². The first-order valence-corrected chi connectivity index (χ1v) is 22.4. The van der Waals surface area contributed by atoms with Crippen LogP contribution in [0.3, 0.4) is 0 Å². The number of rotatable bonds is 15. The third-order valence-corrected chi connectivity index (χ3v) is 14.6. The molecule has 0 bridgehead atoms. The van der Waals surface area contributed by atoms with Crippen molar-refractivity contribution in [1.29, 1.82) is 5.26 Å². The fourth-order valence-corrected chi connectivity index (χ4v) is 11.5. The van der Waals surface area contributed by atoms with Gasteiger partial charge in [-0.1, -0.05) is 12.1 Å². The van der Waals surface area contributed by atoms with Crippen LogP contribution < -0.4 is 9.80 Å². The largest absolute Gasteiger partial charge is 0.377 e. The van der Waals surface area contributed by atoms with Crippen molar-refractivity contribution in [3.8, 4) is 6.07 Å². The van der Waals surface area contributed by atoms with E-state index in [0.29, 0.717) is 33.0 Å². The number of amides is 4. The van der Waals surface area contributed by atoms with E-state index >= 15 is 0 Å². The van der Waals surface area contributed by atoms with Gasteiger partial charge in [0, 0.05) is 100 Å². The van der Waals surface area contributed by atoms with Gasteiger partial charge in [0.1, 0.15) is 0 Å². The number of nitrogens with zero attached hydrogens (tertiary/aromatic N) is 6. The summed E-state index contributed by atoms with van der Waals surface area (Å²) >= 11 is 0. The molecule has 5 aromatic rings. The fourth-order valence-electron chi connectivity index (χ4n) is 9.96. The number of anilines is 2. The molecule has 0 aliphatic carbocycles. The molecule has 5 aromatic carbocycles. The average molecular weight is 831 g/mol. The van der Waals surface area contributed by atoms with Gasteiger partial charge in [0.15, 0.2) is 0 Å². The third kappa shape index (κ3) is 6.47. The Kier molecular flexibility index (Phi) is 10.9. The van der Waals surface area contributed by atoms with Crippen molar-refractivity contribution in [3.05, 3.63) is 58.7 Å². The third-order valence-electron chi connectivity index (χ3n) is 12.5. The molecular weight excluding hydrogens is 780 g/mol. The minimum absolute atomic E-state index is 0.0714. The van der Waals surface area contributed by atoms with Crippen LogP contribution in [-0.4, -0.2) is 116 Å². The van der Waals surface area contributed by atoms with Crippen LogP contribution in [0.1, 0.15) is 101 Å². The maximum atomic E-state index is 14.7. The Morgan fingerprint density at radius 2 is 1.12 bits per heavy atom. The summed E-state index contributed by atoms with van der Waals surface area (Å²) in [5.41, 5.74) is 3.85. The maximum absolute atomic E-state index is 14.7. The van der Waals surface area contributed by atoms with Crippen molar-refractivity contribution in [2.45, 2.75) is 71.9 Å². The van der Waals surface area contributed by atoms with Crippen LogP contribution in [0.15, 0.2) is 36.4 Å². The second kappa shape index (κ2) is 16.1. The van der Waals surface area contributed by atoms with Crippen LogP contribution in [0.25, 0.3) is 43.1 Å². The lowest BCUT2D eigenvalue weighted by molar-refractivity contribution is 0.0478. The van der Waals surface area contributed by atoms with E-state index in [-0.39, 0.29) is 75.1 Å². The average Bonchev–Trinajstić information content (AvgIpc) is 3.98. The lowest BCUT2D eigenvalue weighted by atomic mass is 9.80. The Labute approximate surface area is 351 Å². The van der Waals surface area contributed by atoms with Gasteiger partial charge in [-0.15, -0.1) is 0 Å². The zero-order chi connectivity index (χ0) is 42.0. The highest BCUT2D eigenvalue weighted by Gasteiger charge is 2.39. The van der Waals surface area contributed by atoms with E-state index in [1.165, 1.54) is 9.80 Å². The van der Waals surface area contributed by atoms with Gasteiger partial charge in [-0.25, -0.2) is 4.67 Å². The number of fused-ring (bicyclic) bond motifs is 2. The second-order valence-electron chi connectivity index (χ2n) is 16.8. The number of nitriles is 1. The molecule has 1 unspecified atom stereocenters. The monoisotopic (exact) mass is 830 g/mol. The van der Waals surface area contributed by atoms with Gasteiger partial charge >= 0.3 is 0 Å². The number of hydrogen-bond acceptors (Lipinski definition) is 11. The molecule has 312 valence electrons. The first-order chi connectivity index (χ1) is 29.0. The first kappa shape index (κ1) is 40.4. The van der Waals surface area contributed by atoms with Crippen molar-refractivity contribution in [2.24, 2.45) is 0 Å². The first-order valence-electron chi connectivity index (χ1n) is 21.3. The normalized spacial score (nSPS) is 17.5. The van der Waals surface area contributed by atoms with Crippen molar-refractivity contribution in [2.75, 3.05) is 76.0 Å². The van der Waals surface area contributed by atoms with Crippen LogP contribution >= 0.6 is 8.53 Å². The summed E-state index contributed by atoms with van der Waals surface area (Å²) in [4.78, 5) is 63.9. The van der Waals surface area contributed by atoms with E-state index in [0.717, 1.165) is 95.6 Å². The minimum atomic E-state index is -1.41. The molecule has 0 N–H and O–H groups in total. The van der Waals surface area contributed by atoms with E-state index < -0.39 is 8.53 Å². The SMILES string of the molecule is CC(C)N(C(C)C)P(OCCC#N)OCCOCCN1C(=O)c2ccc3c4c(N5CCCC5)cc5c6c(ccc(c7c(N8CCCC8)cc(c2c37)C1=O)c64)C(=O)N(C)C5=O. The van der Waals surface area contributed by atoms with E-state index in [4.69, 9.17) is 19.0 Å².